The van der Waals surface area contributed by atoms with E-state index in [1.54, 1.807) is 12.1 Å². The number of fused-ring (bicyclic) bond motifs is 1. The number of amides is 1. The predicted octanol–water partition coefficient (Wildman–Crippen LogP) is 3.15. The fraction of sp³-hybridized carbons (Fsp3) is 0.158. The lowest BCUT2D eigenvalue weighted by molar-refractivity contribution is -0.118. The van der Waals surface area contributed by atoms with Gasteiger partial charge in [-0.2, -0.15) is 0 Å². The summed E-state index contributed by atoms with van der Waals surface area (Å²) in [6, 6.07) is 15.1. The molecule has 4 N–H and O–H groups in total. The van der Waals surface area contributed by atoms with Crippen molar-refractivity contribution < 1.29 is 9.53 Å². The van der Waals surface area contributed by atoms with Crippen LogP contribution in [0.5, 0.6) is 5.75 Å². The van der Waals surface area contributed by atoms with Crippen molar-refractivity contribution in [1.29, 1.82) is 0 Å². The Hall–Kier alpha value is -3.12. The van der Waals surface area contributed by atoms with Gasteiger partial charge in [-0.05, 0) is 55.3 Å². The molecular formula is C19H20N4O2. The van der Waals surface area contributed by atoms with E-state index in [1.165, 1.54) is 0 Å². The average Bonchev–Trinajstić information content (AvgIpc) is 2.58. The molecule has 0 aliphatic heterocycles. The van der Waals surface area contributed by atoms with Crippen molar-refractivity contribution in [2.75, 3.05) is 17.3 Å². The summed E-state index contributed by atoms with van der Waals surface area (Å²) in [5.74, 6) is 6.24. The molecule has 0 aliphatic carbocycles. The first-order chi connectivity index (χ1) is 12.0. The number of aryl methyl sites for hydroxylation is 2. The fourth-order valence-electron chi connectivity index (χ4n) is 2.70. The molecule has 0 fully saturated rings. The molecule has 0 atom stereocenters. The van der Waals surface area contributed by atoms with E-state index >= 15 is 0 Å². The molecule has 128 valence electrons. The van der Waals surface area contributed by atoms with E-state index in [9.17, 15) is 4.79 Å². The Morgan fingerprint density at radius 2 is 1.88 bits per heavy atom. The number of carbonyl (C=O) groups excluding carboxylic acids is 1. The fourth-order valence-corrected chi connectivity index (χ4v) is 2.70. The number of aromatic nitrogens is 1. The van der Waals surface area contributed by atoms with Crippen LogP contribution in [0.15, 0.2) is 48.5 Å². The molecule has 2 aromatic carbocycles. The van der Waals surface area contributed by atoms with Gasteiger partial charge in [0.25, 0.3) is 5.91 Å². The van der Waals surface area contributed by atoms with E-state index in [0.717, 1.165) is 22.2 Å². The van der Waals surface area contributed by atoms with Crippen molar-refractivity contribution in [2.24, 2.45) is 5.84 Å². The molecule has 3 rings (SSSR count). The van der Waals surface area contributed by atoms with E-state index in [-0.39, 0.29) is 12.5 Å². The van der Waals surface area contributed by atoms with Gasteiger partial charge in [0.2, 0.25) is 0 Å². The highest BCUT2D eigenvalue weighted by atomic mass is 16.5. The number of anilines is 2. The molecule has 0 saturated heterocycles. The lowest BCUT2D eigenvalue weighted by Crippen LogP contribution is -2.20. The summed E-state index contributed by atoms with van der Waals surface area (Å²) in [7, 11) is 0. The molecule has 0 spiro atoms. The topological polar surface area (TPSA) is 89.3 Å². The summed E-state index contributed by atoms with van der Waals surface area (Å²) >= 11 is 0. The predicted molar refractivity (Wildman–Crippen MR) is 99.6 cm³/mol. The number of hydrogen-bond acceptors (Lipinski definition) is 5. The van der Waals surface area contributed by atoms with Gasteiger partial charge in [0.05, 0.1) is 0 Å². The number of nitrogens with two attached hydrogens (primary N) is 1. The normalized spacial score (nSPS) is 10.5. The first-order valence-corrected chi connectivity index (χ1v) is 7.92. The zero-order valence-electron chi connectivity index (χ0n) is 14.2. The van der Waals surface area contributed by atoms with Gasteiger partial charge in [0, 0.05) is 11.1 Å². The molecule has 1 heterocycles. The Balaban J connectivity index is 1.72. The van der Waals surface area contributed by atoms with Crippen LogP contribution in [0.4, 0.5) is 11.5 Å². The van der Waals surface area contributed by atoms with Gasteiger partial charge in [-0.15, -0.1) is 0 Å². The average molecular weight is 336 g/mol. The van der Waals surface area contributed by atoms with Crippen molar-refractivity contribution >= 4 is 28.3 Å². The zero-order chi connectivity index (χ0) is 17.8. The lowest BCUT2D eigenvalue weighted by Gasteiger charge is -2.11. The van der Waals surface area contributed by atoms with E-state index in [2.05, 4.69) is 21.8 Å². The van der Waals surface area contributed by atoms with Crippen LogP contribution in [0.3, 0.4) is 0 Å². The highest BCUT2D eigenvalue weighted by Gasteiger charge is 2.08. The van der Waals surface area contributed by atoms with E-state index in [4.69, 9.17) is 10.6 Å². The third kappa shape index (κ3) is 4.05. The van der Waals surface area contributed by atoms with Crippen molar-refractivity contribution in [2.45, 2.75) is 13.8 Å². The largest absolute Gasteiger partial charge is 0.481 e. The number of hydrogen-bond donors (Lipinski definition) is 3. The Kier molecular flexibility index (Phi) is 4.81. The third-order valence-electron chi connectivity index (χ3n) is 3.70. The first kappa shape index (κ1) is 16.7. The van der Waals surface area contributed by atoms with Crippen LogP contribution in [0.1, 0.15) is 11.1 Å². The second kappa shape index (κ2) is 7.19. The molecule has 1 amide bonds. The summed E-state index contributed by atoms with van der Waals surface area (Å²) in [6.45, 7) is 3.88. The number of para-hydroxylation sites is 1. The minimum Gasteiger partial charge on any atom is -0.481 e. The number of nitrogens with zero attached hydrogens (tertiary/aromatic N) is 1. The monoisotopic (exact) mass is 336 g/mol. The molecular weight excluding hydrogens is 316 g/mol. The third-order valence-corrected chi connectivity index (χ3v) is 3.70. The Bertz CT molecular complexity index is 904. The van der Waals surface area contributed by atoms with Crippen molar-refractivity contribution in [1.82, 2.24) is 4.98 Å². The van der Waals surface area contributed by atoms with Crippen LogP contribution in [0.2, 0.25) is 0 Å². The van der Waals surface area contributed by atoms with Crippen LogP contribution < -0.4 is 21.3 Å². The van der Waals surface area contributed by atoms with Gasteiger partial charge in [0.15, 0.2) is 6.61 Å². The molecule has 0 saturated carbocycles. The van der Waals surface area contributed by atoms with Crippen LogP contribution in [0.25, 0.3) is 10.9 Å². The van der Waals surface area contributed by atoms with Gasteiger partial charge in [-0.1, -0.05) is 18.2 Å². The van der Waals surface area contributed by atoms with Crippen LogP contribution in [-0.2, 0) is 4.79 Å². The lowest BCUT2D eigenvalue weighted by atomic mass is 10.1. The second-order valence-electron chi connectivity index (χ2n) is 5.88. The highest BCUT2D eigenvalue weighted by molar-refractivity contribution is 5.92. The summed E-state index contributed by atoms with van der Waals surface area (Å²) < 4.78 is 5.67. The maximum absolute atomic E-state index is 12.2. The number of pyridine rings is 1. The van der Waals surface area contributed by atoms with Crippen LogP contribution in [0, 0.1) is 13.8 Å². The maximum Gasteiger partial charge on any atom is 0.262 e. The minimum absolute atomic E-state index is 0.103. The maximum atomic E-state index is 12.2. The Morgan fingerprint density at radius 3 is 2.60 bits per heavy atom. The molecule has 0 unspecified atom stereocenters. The molecule has 1 aromatic heterocycles. The van der Waals surface area contributed by atoms with Gasteiger partial charge >= 0.3 is 0 Å². The molecule has 25 heavy (non-hydrogen) atoms. The number of benzene rings is 2. The smallest absolute Gasteiger partial charge is 0.262 e. The number of ether oxygens (including phenoxy) is 1. The number of carbonyl (C=O) groups is 1. The Labute approximate surface area is 146 Å². The number of hydrazine groups is 1. The van der Waals surface area contributed by atoms with Crippen molar-refractivity contribution in [3.05, 3.63) is 59.7 Å². The summed E-state index contributed by atoms with van der Waals surface area (Å²) in [5, 5.41) is 3.76. The number of nitrogen functional groups attached to an aromatic ring is 1. The number of rotatable bonds is 5. The van der Waals surface area contributed by atoms with Crippen molar-refractivity contribution in [3.8, 4) is 5.75 Å². The molecule has 0 aliphatic rings. The minimum atomic E-state index is -0.227. The molecule has 6 nitrogen and oxygen atoms in total. The second-order valence-corrected chi connectivity index (χ2v) is 5.88. The van der Waals surface area contributed by atoms with Gasteiger partial charge in [0.1, 0.15) is 17.1 Å². The first-order valence-electron chi connectivity index (χ1n) is 7.92. The molecule has 0 bridgehead atoms. The SMILES string of the molecule is Cc1cc(C)cc(NC(=O)COc2cccc3ccc(NN)nc23)c1. The van der Waals surface area contributed by atoms with E-state index in [0.29, 0.717) is 17.1 Å². The van der Waals surface area contributed by atoms with E-state index < -0.39 is 0 Å². The van der Waals surface area contributed by atoms with Crippen LogP contribution in [-0.4, -0.2) is 17.5 Å². The zero-order valence-corrected chi connectivity index (χ0v) is 14.2. The molecule has 6 heteroatoms. The van der Waals surface area contributed by atoms with Gasteiger partial charge in [-0.3, -0.25) is 4.79 Å². The van der Waals surface area contributed by atoms with Crippen LogP contribution >= 0.6 is 0 Å². The van der Waals surface area contributed by atoms with Gasteiger partial charge < -0.3 is 15.5 Å². The standard InChI is InChI=1S/C19H20N4O2/c1-12-8-13(2)10-15(9-12)21-18(24)11-25-16-5-3-4-14-6-7-17(23-20)22-19(14)16/h3-10H,11,20H2,1-2H3,(H,21,24)(H,22,23). The summed E-state index contributed by atoms with van der Waals surface area (Å²) in [5.41, 5.74) is 6.11. The molecule has 0 radical (unpaired) electrons. The van der Waals surface area contributed by atoms with Gasteiger partial charge in [-0.25, -0.2) is 10.8 Å². The number of nitrogens with one attached hydrogen (secondary N) is 2. The van der Waals surface area contributed by atoms with Crippen molar-refractivity contribution in [3.63, 3.8) is 0 Å². The quantitative estimate of drug-likeness (QED) is 0.492. The molecule has 3 aromatic rings. The highest BCUT2D eigenvalue weighted by Crippen LogP contribution is 2.25. The van der Waals surface area contributed by atoms with E-state index in [1.807, 2.05) is 44.2 Å². The Morgan fingerprint density at radius 1 is 1.12 bits per heavy atom. The summed E-state index contributed by atoms with van der Waals surface area (Å²) in [6.07, 6.45) is 0. The summed E-state index contributed by atoms with van der Waals surface area (Å²) in [4.78, 5) is 16.6.